The summed E-state index contributed by atoms with van der Waals surface area (Å²) < 4.78 is 5.16. The molecule has 0 radical (unpaired) electrons. The van der Waals surface area contributed by atoms with E-state index in [1.165, 1.54) is 0 Å². The van der Waals surface area contributed by atoms with E-state index < -0.39 is 0 Å². The SMILES string of the molecule is COc1ccc(Nc2nc3ccc(C(C)(C)CNC=O)cc3[nH]2)cc1. The van der Waals surface area contributed by atoms with Crippen molar-refractivity contribution in [3.05, 3.63) is 48.0 Å². The first-order chi connectivity index (χ1) is 12.0. The first-order valence-corrected chi connectivity index (χ1v) is 8.10. The number of carbonyl (C=O) groups is 1. The molecule has 6 nitrogen and oxygen atoms in total. The maximum Gasteiger partial charge on any atom is 0.207 e. The number of methoxy groups -OCH3 is 1. The number of nitrogens with zero attached hydrogens (tertiary/aromatic N) is 1. The monoisotopic (exact) mass is 338 g/mol. The number of amides is 1. The zero-order chi connectivity index (χ0) is 17.9. The van der Waals surface area contributed by atoms with E-state index in [0.29, 0.717) is 12.5 Å². The van der Waals surface area contributed by atoms with Gasteiger partial charge in [-0.3, -0.25) is 4.79 Å². The molecule has 0 atom stereocenters. The standard InChI is InChI=1S/C19H22N4O2/c1-19(2,11-20-12-24)13-4-9-16-17(10-13)23-18(22-16)21-14-5-7-15(25-3)8-6-14/h4-10,12H,11H2,1-3H3,(H,20,24)(H2,21,22,23). The quantitative estimate of drug-likeness (QED) is 0.577. The number of nitrogens with one attached hydrogen (secondary N) is 3. The molecule has 3 N–H and O–H groups in total. The van der Waals surface area contributed by atoms with Crippen molar-refractivity contribution in [2.24, 2.45) is 0 Å². The predicted molar refractivity (Wildman–Crippen MR) is 99.5 cm³/mol. The maximum atomic E-state index is 10.6. The molecule has 0 bridgehead atoms. The number of hydrogen-bond donors (Lipinski definition) is 3. The Labute approximate surface area is 146 Å². The molecule has 3 rings (SSSR count). The van der Waals surface area contributed by atoms with E-state index in [1.54, 1.807) is 7.11 Å². The number of carbonyl (C=O) groups excluding carboxylic acids is 1. The number of H-pyrrole nitrogens is 1. The van der Waals surface area contributed by atoms with Gasteiger partial charge in [0.1, 0.15) is 5.75 Å². The van der Waals surface area contributed by atoms with Crippen LogP contribution in [0.5, 0.6) is 5.75 Å². The van der Waals surface area contributed by atoms with E-state index >= 15 is 0 Å². The van der Waals surface area contributed by atoms with Crippen LogP contribution in [0.2, 0.25) is 0 Å². The number of aromatic nitrogens is 2. The summed E-state index contributed by atoms with van der Waals surface area (Å²) in [5.41, 5.74) is 3.74. The normalized spacial score (nSPS) is 11.3. The molecule has 0 fully saturated rings. The van der Waals surface area contributed by atoms with Crippen LogP contribution in [0.25, 0.3) is 11.0 Å². The summed E-state index contributed by atoms with van der Waals surface area (Å²) in [7, 11) is 1.64. The van der Waals surface area contributed by atoms with Gasteiger partial charge in [-0.05, 0) is 42.0 Å². The minimum atomic E-state index is -0.163. The van der Waals surface area contributed by atoms with Gasteiger partial charge in [0.25, 0.3) is 0 Å². The zero-order valence-corrected chi connectivity index (χ0v) is 14.6. The van der Waals surface area contributed by atoms with Crippen molar-refractivity contribution in [1.82, 2.24) is 15.3 Å². The van der Waals surface area contributed by atoms with Crippen LogP contribution in [-0.4, -0.2) is 30.0 Å². The minimum absolute atomic E-state index is 0.163. The highest BCUT2D eigenvalue weighted by Crippen LogP contribution is 2.27. The fourth-order valence-corrected chi connectivity index (χ4v) is 2.70. The lowest BCUT2D eigenvalue weighted by molar-refractivity contribution is -0.109. The van der Waals surface area contributed by atoms with Crippen molar-refractivity contribution >= 4 is 29.1 Å². The maximum absolute atomic E-state index is 10.6. The molecule has 130 valence electrons. The third-order valence-corrected chi connectivity index (χ3v) is 4.24. The zero-order valence-electron chi connectivity index (χ0n) is 14.6. The van der Waals surface area contributed by atoms with E-state index in [4.69, 9.17) is 4.74 Å². The molecule has 6 heteroatoms. The second kappa shape index (κ2) is 6.84. The molecule has 0 aliphatic rings. The molecule has 3 aromatic rings. The number of rotatable bonds is 7. The molecular formula is C19H22N4O2. The molecule has 0 spiro atoms. The number of aromatic amines is 1. The number of imidazole rings is 1. The smallest absolute Gasteiger partial charge is 0.207 e. The predicted octanol–water partition coefficient (Wildman–Crippen LogP) is 3.34. The fourth-order valence-electron chi connectivity index (χ4n) is 2.70. The van der Waals surface area contributed by atoms with Crippen LogP contribution in [-0.2, 0) is 10.2 Å². The second-order valence-electron chi connectivity index (χ2n) is 6.55. The Morgan fingerprint density at radius 2 is 1.96 bits per heavy atom. The molecule has 1 heterocycles. The van der Waals surface area contributed by atoms with E-state index in [9.17, 15) is 4.79 Å². The van der Waals surface area contributed by atoms with Crippen LogP contribution in [0.3, 0.4) is 0 Å². The van der Waals surface area contributed by atoms with Crippen molar-refractivity contribution in [3.63, 3.8) is 0 Å². The molecule has 25 heavy (non-hydrogen) atoms. The topological polar surface area (TPSA) is 79.0 Å². The van der Waals surface area contributed by atoms with Crippen LogP contribution in [0.4, 0.5) is 11.6 Å². The molecule has 2 aromatic carbocycles. The minimum Gasteiger partial charge on any atom is -0.497 e. The molecular weight excluding hydrogens is 316 g/mol. The lowest BCUT2D eigenvalue weighted by Crippen LogP contribution is -2.32. The fraction of sp³-hybridized carbons (Fsp3) is 0.263. The Balaban J connectivity index is 1.83. The van der Waals surface area contributed by atoms with Gasteiger partial charge in [0.15, 0.2) is 0 Å². The van der Waals surface area contributed by atoms with Crippen molar-refractivity contribution in [2.75, 3.05) is 19.0 Å². The summed E-state index contributed by atoms with van der Waals surface area (Å²) >= 11 is 0. The lowest BCUT2D eigenvalue weighted by Gasteiger charge is -2.24. The van der Waals surface area contributed by atoms with Crippen molar-refractivity contribution in [3.8, 4) is 5.75 Å². The van der Waals surface area contributed by atoms with Crippen LogP contribution < -0.4 is 15.4 Å². The molecule has 0 unspecified atom stereocenters. The summed E-state index contributed by atoms with van der Waals surface area (Å²) in [5, 5.41) is 6.01. The first kappa shape index (κ1) is 16.8. The van der Waals surface area contributed by atoms with Gasteiger partial charge >= 0.3 is 0 Å². The highest BCUT2D eigenvalue weighted by molar-refractivity contribution is 5.79. The second-order valence-corrected chi connectivity index (χ2v) is 6.55. The summed E-state index contributed by atoms with van der Waals surface area (Å²) in [6.07, 6.45) is 0.730. The van der Waals surface area contributed by atoms with Gasteiger partial charge in [-0.1, -0.05) is 19.9 Å². The molecule has 1 aromatic heterocycles. The summed E-state index contributed by atoms with van der Waals surface area (Å²) in [5.74, 6) is 1.49. The number of hydrogen-bond acceptors (Lipinski definition) is 4. The summed E-state index contributed by atoms with van der Waals surface area (Å²) in [6.45, 7) is 4.77. The lowest BCUT2D eigenvalue weighted by atomic mass is 9.84. The number of benzene rings is 2. The van der Waals surface area contributed by atoms with Gasteiger partial charge in [0.05, 0.1) is 18.1 Å². The summed E-state index contributed by atoms with van der Waals surface area (Å²) in [6, 6.07) is 13.8. The molecule has 1 amide bonds. The van der Waals surface area contributed by atoms with Gasteiger partial charge in [-0.2, -0.15) is 0 Å². The average Bonchev–Trinajstić information content (AvgIpc) is 3.02. The van der Waals surface area contributed by atoms with Crippen molar-refractivity contribution in [1.29, 1.82) is 0 Å². The van der Waals surface area contributed by atoms with Crippen LogP contribution in [0.1, 0.15) is 19.4 Å². The highest BCUT2D eigenvalue weighted by atomic mass is 16.5. The Bertz CT molecular complexity index is 869. The van der Waals surface area contributed by atoms with Gasteiger partial charge < -0.3 is 20.4 Å². The van der Waals surface area contributed by atoms with E-state index in [-0.39, 0.29) is 5.41 Å². The Morgan fingerprint density at radius 3 is 2.64 bits per heavy atom. The van der Waals surface area contributed by atoms with E-state index in [0.717, 1.165) is 34.4 Å². The van der Waals surface area contributed by atoms with Crippen LogP contribution in [0.15, 0.2) is 42.5 Å². The van der Waals surface area contributed by atoms with E-state index in [2.05, 4.69) is 40.5 Å². The Morgan fingerprint density at radius 1 is 1.20 bits per heavy atom. The van der Waals surface area contributed by atoms with Crippen molar-refractivity contribution < 1.29 is 9.53 Å². The average molecular weight is 338 g/mol. The highest BCUT2D eigenvalue weighted by Gasteiger charge is 2.21. The van der Waals surface area contributed by atoms with Crippen molar-refractivity contribution in [2.45, 2.75) is 19.3 Å². The molecule has 0 saturated heterocycles. The molecule has 0 aliphatic heterocycles. The molecule has 0 aliphatic carbocycles. The Hall–Kier alpha value is -3.02. The van der Waals surface area contributed by atoms with Gasteiger partial charge in [-0.25, -0.2) is 4.98 Å². The number of fused-ring (bicyclic) bond motifs is 1. The van der Waals surface area contributed by atoms with Gasteiger partial charge in [0.2, 0.25) is 12.4 Å². The number of anilines is 2. The van der Waals surface area contributed by atoms with Gasteiger partial charge in [0, 0.05) is 17.6 Å². The Kier molecular flexibility index (Phi) is 4.61. The van der Waals surface area contributed by atoms with Gasteiger partial charge in [-0.15, -0.1) is 0 Å². The largest absolute Gasteiger partial charge is 0.497 e. The number of ether oxygens (including phenoxy) is 1. The van der Waals surface area contributed by atoms with Crippen LogP contribution >= 0.6 is 0 Å². The first-order valence-electron chi connectivity index (χ1n) is 8.10. The third-order valence-electron chi connectivity index (χ3n) is 4.24. The molecule has 0 saturated carbocycles. The third kappa shape index (κ3) is 3.74. The summed E-state index contributed by atoms with van der Waals surface area (Å²) in [4.78, 5) is 18.4. The van der Waals surface area contributed by atoms with E-state index in [1.807, 2.05) is 36.4 Å². The van der Waals surface area contributed by atoms with Crippen LogP contribution in [0, 0.1) is 0 Å².